The van der Waals surface area contributed by atoms with E-state index in [0.717, 1.165) is 10.9 Å². The quantitative estimate of drug-likeness (QED) is 0.588. The average Bonchev–Trinajstić information content (AvgIpc) is 2.67. The molecule has 0 heterocycles. The minimum atomic E-state index is -0.466. The van der Waals surface area contributed by atoms with E-state index in [0.29, 0.717) is 41.8 Å². The predicted molar refractivity (Wildman–Crippen MR) is 112 cm³/mol. The zero-order valence-corrected chi connectivity index (χ0v) is 17.8. The second kappa shape index (κ2) is 10.7. The van der Waals surface area contributed by atoms with Crippen LogP contribution in [0.4, 0.5) is 0 Å². The number of rotatable bonds is 8. The molecule has 0 aliphatic heterocycles. The van der Waals surface area contributed by atoms with Gasteiger partial charge in [0.05, 0.1) is 18.8 Å². The van der Waals surface area contributed by atoms with Crippen molar-refractivity contribution in [3.63, 3.8) is 0 Å². The number of hydrazine groups is 1. The van der Waals surface area contributed by atoms with Gasteiger partial charge in [0.25, 0.3) is 11.8 Å². The first-order chi connectivity index (χ1) is 13.4. The Balaban J connectivity index is 1.93. The maximum atomic E-state index is 12.4. The van der Waals surface area contributed by atoms with Crippen LogP contribution in [-0.4, -0.2) is 25.0 Å². The first-order valence-electron chi connectivity index (χ1n) is 9.16. The van der Waals surface area contributed by atoms with Crippen molar-refractivity contribution in [2.24, 2.45) is 5.92 Å². The summed E-state index contributed by atoms with van der Waals surface area (Å²) >= 11 is 3.33. The SMILES string of the molecule is CCOc1ccc(Br)cc1C(=O)NNC(=O)c1ccc(OCCC(C)C)cc1. The van der Waals surface area contributed by atoms with Crippen molar-refractivity contribution in [1.82, 2.24) is 10.9 Å². The maximum absolute atomic E-state index is 12.4. The molecule has 7 heteroatoms. The number of nitrogens with one attached hydrogen (secondary N) is 2. The molecule has 0 bridgehead atoms. The lowest BCUT2D eigenvalue weighted by Gasteiger charge is -2.12. The van der Waals surface area contributed by atoms with E-state index in [1.54, 1.807) is 42.5 Å². The van der Waals surface area contributed by atoms with E-state index in [1.165, 1.54) is 0 Å². The van der Waals surface area contributed by atoms with E-state index < -0.39 is 11.8 Å². The van der Waals surface area contributed by atoms with Gasteiger partial charge in [-0.05, 0) is 61.7 Å². The zero-order chi connectivity index (χ0) is 20.5. The highest BCUT2D eigenvalue weighted by Crippen LogP contribution is 2.23. The van der Waals surface area contributed by atoms with Crippen molar-refractivity contribution < 1.29 is 19.1 Å². The molecule has 0 atom stereocenters. The van der Waals surface area contributed by atoms with Gasteiger partial charge in [-0.15, -0.1) is 0 Å². The Labute approximate surface area is 173 Å². The van der Waals surface area contributed by atoms with E-state index in [2.05, 4.69) is 40.6 Å². The molecule has 0 aliphatic rings. The number of carbonyl (C=O) groups is 2. The van der Waals surface area contributed by atoms with Gasteiger partial charge < -0.3 is 9.47 Å². The highest BCUT2D eigenvalue weighted by atomic mass is 79.9. The van der Waals surface area contributed by atoms with Gasteiger partial charge in [-0.25, -0.2) is 0 Å². The Morgan fingerprint density at radius 3 is 2.32 bits per heavy atom. The Kier molecular flexibility index (Phi) is 8.32. The summed E-state index contributed by atoms with van der Waals surface area (Å²) in [4.78, 5) is 24.7. The highest BCUT2D eigenvalue weighted by molar-refractivity contribution is 9.10. The van der Waals surface area contributed by atoms with E-state index >= 15 is 0 Å². The van der Waals surface area contributed by atoms with Crippen molar-refractivity contribution in [3.8, 4) is 11.5 Å². The second-order valence-corrected chi connectivity index (χ2v) is 7.45. The molecule has 0 saturated carbocycles. The minimum Gasteiger partial charge on any atom is -0.494 e. The number of hydrogen-bond acceptors (Lipinski definition) is 4. The molecule has 0 fully saturated rings. The molecule has 0 radical (unpaired) electrons. The number of ether oxygens (including phenoxy) is 2. The summed E-state index contributed by atoms with van der Waals surface area (Å²) < 4.78 is 11.8. The van der Waals surface area contributed by atoms with Crippen LogP contribution in [0, 0.1) is 5.92 Å². The van der Waals surface area contributed by atoms with Gasteiger partial charge in [0, 0.05) is 10.0 Å². The summed E-state index contributed by atoms with van der Waals surface area (Å²) in [5.74, 6) is 0.834. The van der Waals surface area contributed by atoms with Crippen molar-refractivity contribution >= 4 is 27.7 Å². The average molecular weight is 449 g/mol. The molecule has 0 spiro atoms. The minimum absolute atomic E-state index is 0.324. The number of hydrogen-bond donors (Lipinski definition) is 2. The van der Waals surface area contributed by atoms with E-state index in [-0.39, 0.29) is 0 Å². The van der Waals surface area contributed by atoms with Gasteiger partial charge in [-0.3, -0.25) is 20.4 Å². The largest absolute Gasteiger partial charge is 0.494 e. The third kappa shape index (κ3) is 6.56. The first kappa shape index (κ1) is 21.8. The van der Waals surface area contributed by atoms with Crippen molar-refractivity contribution in [3.05, 3.63) is 58.1 Å². The molecule has 0 unspecified atom stereocenters. The van der Waals surface area contributed by atoms with Gasteiger partial charge in [0.15, 0.2) is 0 Å². The van der Waals surface area contributed by atoms with Crippen LogP contribution >= 0.6 is 15.9 Å². The van der Waals surface area contributed by atoms with Crippen LogP contribution in [-0.2, 0) is 0 Å². The monoisotopic (exact) mass is 448 g/mol. The Morgan fingerprint density at radius 2 is 1.68 bits per heavy atom. The fraction of sp³-hybridized carbons (Fsp3) is 0.333. The fourth-order valence-corrected chi connectivity index (χ4v) is 2.69. The van der Waals surface area contributed by atoms with Crippen LogP contribution in [0.1, 0.15) is 47.9 Å². The summed E-state index contributed by atoms with van der Waals surface area (Å²) in [5.41, 5.74) is 5.56. The molecular weight excluding hydrogens is 424 g/mol. The third-order valence-electron chi connectivity index (χ3n) is 3.86. The normalized spacial score (nSPS) is 10.5. The lowest BCUT2D eigenvalue weighted by molar-refractivity contribution is 0.0844. The van der Waals surface area contributed by atoms with E-state index in [9.17, 15) is 9.59 Å². The third-order valence-corrected chi connectivity index (χ3v) is 4.35. The van der Waals surface area contributed by atoms with Crippen LogP contribution in [0.15, 0.2) is 46.9 Å². The van der Waals surface area contributed by atoms with Crippen molar-refractivity contribution in [2.45, 2.75) is 27.2 Å². The summed E-state index contributed by atoms with van der Waals surface area (Å²) in [6.07, 6.45) is 0.966. The molecule has 0 aliphatic carbocycles. The van der Waals surface area contributed by atoms with Crippen LogP contribution < -0.4 is 20.3 Å². The van der Waals surface area contributed by atoms with Crippen LogP contribution in [0.2, 0.25) is 0 Å². The standard InChI is InChI=1S/C21H25BrN2O4/c1-4-27-19-10-7-16(22)13-18(19)21(26)24-23-20(25)15-5-8-17(9-6-15)28-12-11-14(2)3/h5-10,13-14H,4,11-12H2,1-3H3,(H,23,25)(H,24,26). The van der Waals surface area contributed by atoms with Crippen molar-refractivity contribution in [1.29, 1.82) is 0 Å². The van der Waals surface area contributed by atoms with Crippen molar-refractivity contribution in [2.75, 3.05) is 13.2 Å². The Hall–Kier alpha value is -2.54. The first-order valence-corrected chi connectivity index (χ1v) is 9.96. The molecule has 0 aromatic heterocycles. The fourth-order valence-electron chi connectivity index (χ4n) is 2.33. The lowest BCUT2D eigenvalue weighted by atomic mass is 10.1. The topological polar surface area (TPSA) is 76.7 Å². The van der Waals surface area contributed by atoms with Gasteiger partial charge in [-0.2, -0.15) is 0 Å². The van der Waals surface area contributed by atoms with E-state index in [4.69, 9.17) is 9.47 Å². The molecule has 2 aromatic carbocycles. The summed E-state index contributed by atoms with van der Waals surface area (Å²) in [6, 6.07) is 11.9. The molecular formula is C21H25BrN2O4. The lowest BCUT2D eigenvalue weighted by Crippen LogP contribution is -2.41. The number of benzene rings is 2. The smallest absolute Gasteiger partial charge is 0.273 e. The number of carbonyl (C=O) groups excluding carboxylic acids is 2. The molecule has 2 N–H and O–H groups in total. The van der Waals surface area contributed by atoms with Crippen LogP contribution in [0.5, 0.6) is 11.5 Å². The van der Waals surface area contributed by atoms with Gasteiger partial charge >= 0.3 is 0 Å². The van der Waals surface area contributed by atoms with Gasteiger partial charge in [0.1, 0.15) is 11.5 Å². The summed E-state index contributed by atoms with van der Waals surface area (Å²) in [7, 11) is 0. The molecule has 2 amide bonds. The molecule has 2 rings (SSSR count). The second-order valence-electron chi connectivity index (χ2n) is 6.54. The van der Waals surface area contributed by atoms with Crippen LogP contribution in [0.3, 0.4) is 0 Å². The zero-order valence-electron chi connectivity index (χ0n) is 16.3. The van der Waals surface area contributed by atoms with Gasteiger partial charge in [-0.1, -0.05) is 29.8 Å². The molecule has 6 nitrogen and oxygen atoms in total. The van der Waals surface area contributed by atoms with Crippen LogP contribution in [0.25, 0.3) is 0 Å². The number of halogens is 1. The van der Waals surface area contributed by atoms with E-state index in [1.807, 2.05) is 6.92 Å². The Morgan fingerprint density at radius 1 is 1.00 bits per heavy atom. The molecule has 0 saturated heterocycles. The number of amides is 2. The summed E-state index contributed by atoms with van der Waals surface area (Å²) in [6.45, 7) is 7.17. The molecule has 28 heavy (non-hydrogen) atoms. The van der Waals surface area contributed by atoms with Gasteiger partial charge in [0.2, 0.25) is 0 Å². The molecule has 2 aromatic rings. The Bertz CT molecular complexity index is 807. The highest BCUT2D eigenvalue weighted by Gasteiger charge is 2.14. The molecule has 150 valence electrons. The summed E-state index contributed by atoms with van der Waals surface area (Å²) in [5, 5.41) is 0. The maximum Gasteiger partial charge on any atom is 0.273 e. The predicted octanol–water partition coefficient (Wildman–Crippen LogP) is 4.35.